The molecule has 1 heterocycles. The lowest BCUT2D eigenvalue weighted by atomic mass is 10.1. The molecule has 1 aromatic carbocycles. The fourth-order valence-electron chi connectivity index (χ4n) is 2.29. The smallest absolute Gasteiger partial charge is 0.230 e. The number of benzene rings is 1. The number of hydrogen-bond acceptors (Lipinski definition) is 6. The van der Waals surface area contributed by atoms with Gasteiger partial charge in [-0.1, -0.05) is 43.3 Å². The van der Waals surface area contributed by atoms with Gasteiger partial charge >= 0.3 is 0 Å². The Labute approximate surface area is 158 Å². The Morgan fingerprint density at radius 2 is 2.12 bits per heavy atom. The van der Waals surface area contributed by atoms with E-state index in [1.54, 1.807) is 0 Å². The van der Waals surface area contributed by atoms with Gasteiger partial charge in [0.2, 0.25) is 11.1 Å². The number of carbonyl (C=O) groups is 1. The molecule has 1 aromatic heterocycles. The Hall–Kier alpha value is -2.22. The SMILES string of the molecule is Cc1ccc(OCc2nnc(SCC(=O)NCCC(C)C)n2N)c(C)c1. The summed E-state index contributed by atoms with van der Waals surface area (Å²) in [6.07, 6.45) is 0.962. The predicted octanol–water partition coefficient (Wildman–Crippen LogP) is 2.44. The molecule has 1 amide bonds. The first kappa shape index (κ1) is 20.1. The van der Waals surface area contributed by atoms with Crippen LogP contribution in [0.25, 0.3) is 0 Å². The Kier molecular flexibility index (Phi) is 7.32. The minimum absolute atomic E-state index is 0.0354. The molecule has 0 atom stereocenters. The first-order chi connectivity index (χ1) is 12.4. The summed E-state index contributed by atoms with van der Waals surface area (Å²) in [4.78, 5) is 11.8. The van der Waals surface area contributed by atoms with E-state index in [0.717, 1.165) is 17.7 Å². The summed E-state index contributed by atoms with van der Waals surface area (Å²) >= 11 is 1.26. The summed E-state index contributed by atoms with van der Waals surface area (Å²) in [6.45, 7) is 9.18. The van der Waals surface area contributed by atoms with Crippen LogP contribution in [0.1, 0.15) is 37.2 Å². The molecule has 0 unspecified atom stereocenters. The second-order valence-electron chi connectivity index (χ2n) is 6.65. The average molecular weight is 378 g/mol. The molecule has 0 aliphatic carbocycles. The van der Waals surface area contributed by atoms with E-state index in [4.69, 9.17) is 10.6 Å². The van der Waals surface area contributed by atoms with Crippen molar-refractivity contribution >= 4 is 17.7 Å². The first-order valence-electron chi connectivity index (χ1n) is 8.65. The van der Waals surface area contributed by atoms with E-state index in [-0.39, 0.29) is 18.3 Å². The van der Waals surface area contributed by atoms with Crippen molar-refractivity contribution in [2.24, 2.45) is 5.92 Å². The standard InChI is InChI=1S/C18H27N5O2S/c1-12(2)7-8-20-17(24)11-26-18-22-21-16(23(18)19)10-25-15-6-5-13(3)9-14(15)4/h5-6,9,12H,7-8,10-11,19H2,1-4H3,(H,20,24). The summed E-state index contributed by atoms with van der Waals surface area (Å²) in [6, 6.07) is 5.98. The van der Waals surface area contributed by atoms with E-state index < -0.39 is 0 Å². The zero-order valence-corrected chi connectivity index (χ0v) is 16.6. The molecule has 2 rings (SSSR count). The average Bonchev–Trinajstić information content (AvgIpc) is 2.92. The van der Waals surface area contributed by atoms with Gasteiger partial charge in [-0.05, 0) is 37.8 Å². The van der Waals surface area contributed by atoms with Crippen molar-refractivity contribution in [2.75, 3.05) is 18.1 Å². The lowest BCUT2D eigenvalue weighted by molar-refractivity contribution is -0.118. The maximum atomic E-state index is 11.8. The van der Waals surface area contributed by atoms with Gasteiger partial charge in [-0.15, -0.1) is 10.2 Å². The zero-order valence-electron chi connectivity index (χ0n) is 15.8. The third-order valence-electron chi connectivity index (χ3n) is 3.80. The molecule has 0 spiro atoms. The van der Waals surface area contributed by atoms with Gasteiger partial charge in [0.25, 0.3) is 0 Å². The van der Waals surface area contributed by atoms with Crippen molar-refractivity contribution in [2.45, 2.75) is 45.9 Å². The number of amides is 1. The fourth-order valence-corrected chi connectivity index (χ4v) is 2.99. The van der Waals surface area contributed by atoms with Crippen molar-refractivity contribution in [3.63, 3.8) is 0 Å². The monoisotopic (exact) mass is 377 g/mol. The van der Waals surface area contributed by atoms with Crippen LogP contribution in [0.5, 0.6) is 5.75 Å². The third kappa shape index (κ3) is 5.94. The number of aryl methyl sites for hydroxylation is 2. The number of hydrogen-bond donors (Lipinski definition) is 2. The molecule has 142 valence electrons. The number of nitrogens with one attached hydrogen (secondary N) is 1. The highest BCUT2D eigenvalue weighted by Crippen LogP contribution is 2.20. The minimum Gasteiger partial charge on any atom is -0.485 e. The van der Waals surface area contributed by atoms with Crippen LogP contribution in [-0.4, -0.2) is 33.1 Å². The van der Waals surface area contributed by atoms with E-state index in [9.17, 15) is 4.79 Å². The molecule has 0 saturated carbocycles. The molecular weight excluding hydrogens is 350 g/mol. The largest absolute Gasteiger partial charge is 0.485 e. The van der Waals surface area contributed by atoms with Crippen molar-refractivity contribution in [1.29, 1.82) is 0 Å². The maximum absolute atomic E-state index is 11.8. The van der Waals surface area contributed by atoms with Crippen molar-refractivity contribution in [3.05, 3.63) is 35.2 Å². The summed E-state index contributed by atoms with van der Waals surface area (Å²) in [5, 5.41) is 11.5. The van der Waals surface area contributed by atoms with Crippen LogP contribution >= 0.6 is 11.8 Å². The molecule has 7 nitrogen and oxygen atoms in total. The zero-order chi connectivity index (χ0) is 19.1. The Bertz CT molecular complexity index is 745. The van der Waals surface area contributed by atoms with Gasteiger partial charge in [0, 0.05) is 6.54 Å². The first-order valence-corrected chi connectivity index (χ1v) is 9.64. The van der Waals surface area contributed by atoms with Crippen LogP contribution in [0.4, 0.5) is 0 Å². The number of ether oxygens (including phenoxy) is 1. The van der Waals surface area contributed by atoms with Gasteiger partial charge in [0.05, 0.1) is 5.75 Å². The topological polar surface area (TPSA) is 95.1 Å². The highest BCUT2D eigenvalue weighted by Gasteiger charge is 2.13. The molecule has 3 N–H and O–H groups in total. The van der Waals surface area contributed by atoms with Gasteiger partial charge in [-0.2, -0.15) is 0 Å². The lowest BCUT2D eigenvalue weighted by Gasteiger charge is -2.09. The number of aromatic nitrogens is 3. The van der Waals surface area contributed by atoms with Crippen molar-refractivity contribution in [1.82, 2.24) is 20.2 Å². The van der Waals surface area contributed by atoms with Crippen LogP contribution in [0, 0.1) is 19.8 Å². The second kappa shape index (κ2) is 9.47. The van der Waals surface area contributed by atoms with Gasteiger partial charge in [0.15, 0.2) is 5.82 Å². The van der Waals surface area contributed by atoms with E-state index in [0.29, 0.717) is 23.4 Å². The Morgan fingerprint density at radius 1 is 1.35 bits per heavy atom. The molecule has 0 radical (unpaired) electrons. The summed E-state index contributed by atoms with van der Waals surface area (Å²) in [5.74, 6) is 8.10. The van der Waals surface area contributed by atoms with Crippen LogP contribution in [0.15, 0.2) is 23.4 Å². The highest BCUT2D eigenvalue weighted by molar-refractivity contribution is 7.99. The third-order valence-corrected chi connectivity index (χ3v) is 4.74. The molecule has 0 saturated heterocycles. The number of nitrogens with two attached hydrogens (primary N) is 1. The van der Waals surface area contributed by atoms with Crippen LogP contribution in [0.2, 0.25) is 0 Å². The molecule has 0 aliphatic rings. The normalized spacial score (nSPS) is 11.0. The van der Waals surface area contributed by atoms with E-state index in [2.05, 4.69) is 35.4 Å². The number of rotatable bonds is 9. The van der Waals surface area contributed by atoms with Gasteiger partial charge in [-0.3, -0.25) is 4.79 Å². The number of nitrogen functional groups attached to an aromatic ring is 1. The van der Waals surface area contributed by atoms with E-state index in [1.807, 2.05) is 26.0 Å². The molecule has 26 heavy (non-hydrogen) atoms. The van der Waals surface area contributed by atoms with Crippen molar-refractivity contribution in [3.8, 4) is 5.75 Å². The number of carbonyl (C=O) groups excluding carboxylic acids is 1. The second-order valence-corrected chi connectivity index (χ2v) is 7.59. The van der Waals surface area contributed by atoms with Crippen LogP contribution < -0.4 is 15.9 Å². The van der Waals surface area contributed by atoms with E-state index >= 15 is 0 Å². The minimum atomic E-state index is -0.0354. The summed E-state index contributed by atoms with van der Waals surface area (Å²) in [5.41, 5.74) is 2.24. The highest BCUT2D eigenvalue weighted by atomic mass is 32.2. The molecule has 0 aliphatic heterocycles. The van der Waals surface area contributed by atoms with E-state index in [1.165, 1.54) is 22.0 Å². The van der Waals surface area contributed by atoms with Gasteiger partial charge in [-0.25, -0.2) is 4.68 Å². The molecule has 0 fully saturated rings. The quantitative estimate of drug-likeness (QED) is 0.515. The lowest BCUT2D eigenvalue weighted by Crippen LogP contribution is -2.27. The Balaban J connectivity index is 1.84. The summed E-state index contributed by atoms with van der Waals surface area (Å²) < 4.78 is 7.15. The molecule has 0 bridgehead atoms. The van der Waals surface area contributed by atoms with Crippen LogP contribution in [0.3, 0.4) is 0 Å². The summed E-state index contributed by atoms with van der Waals surface area (Å²) in [7, 11) is 0. The number of nitrogens with zero attached hydrogens (tertiary/aromatic N) is 3. The van der Waals surface area contributed by atoms with Gasteiger partial charge < -0.3 is 15.9 Å². The molecule has 8 heteroatoms. The van der Waals surface area contributed by atoms with Crippen LogP contribution in [-0.2, 0) is 11.4 Å². The maximum Gasteiger partial charge on any atom is 0.230 e. The molecule has 2 aromatic rings. The molecular formula is C18H27N5O2S. The van der Waals surface area contributed by atoms with Crippen molar-refractivity contribution < 1.29 is 9.53 Å². The number of thioether (sulfide) groups is 1. The fraction of sp³-hybridized carbons (Fsp3) is 0.500. The predicted molar refractivity (Wildman–Crippen MR) is 104 cm³/mol. The van der Waals surface area contributed by atoms with Gasteiger partial charge in [0.1, 0.15) is 12.4 Å². The Morgan fingerprint density at radius 3 is 2.81 bits per heavy atom.